The van der Waals surface area contributed by atoms with Crippen LogP contribution in [0, 0.1) is 11.8 Å². The molecule has 192 valence electrons. The van der Waals surface area contributed by atoms with Crippen LogP contribution in [-0.4, -0.2) is 71.5 Å². The van der Waals surface area contributed by atoms with Gasteiger partial charge in [-0.2, -0.15) is 0 Å². The fourth-order valence-corrected chi connectivity index (χ4v) is 6.05. The highest BCUT2D eigenvalue weighted by Gasteiger charge is 2.44. The van der Waals surface area contributed by atoms with Crippen molar-refractivity contribution in [2.45, 2.75) is 56.4 Å². The molecule has 0 aliphatic heterocycles. The normalized spacial score (nSPS) is 28.8. The van der Waals surface area contributed by atoms with Gasteiger partial charge in [0.2, 0.25) is 0 Å². The van der Waals surface area contributed by atoms with Gasteiger partial charge >= 0.3 is 0 Å². The van der Waals surface area contributed by atoms with Crippen molar-refractivity contribution in [3.05, 3.63) is 46.2 Å². The van der Waals surface area contributed by atoms with Crippen molar-refractivity contribution in [3.8, 4) is 0 Å². The Bertz CT molecular complexity index is 1360. The van der Waals surface area contributed by atoms with Crippen LogP contribution in [0.5, 0.6) is 0 Å². The summed E-state index contributed by atoms with van der Waals surface area (Å²) >= 11 is 3.34. The first-order valence-electron chi connectivity index (χ1n) is 12.4. The van der Waals surface area contributed by atoms with E-state index in [1.165, 1.54) is 6.33 Å². The molecule has 3 heterocycles. The van der Waals surface area contributed by atoms with Crippen LogP contribution in [0.25, 0.3) is 23.7 Å². The van der Waals surface area contributed by atoms with Crippen molar-refractivity contribution in [2.24, 2.45) is 11.8 Å². The third kappa shape index (κ3) is 4.87. The van der Waals surface area contributed by atoms with Gasteiger partial charge in [0.1, 0.15) is 29.7 Å². The third-order valence-electron chi connectivity index (χ3n) is 7.97. The largest absolute Gasteiger partial charge is 0.390 e. The van der Waals surface area contributed by atoms with Gasteiger partial charge in [-0.25, -0.2) is 15.0 Å². The van der Waals surface area contributed by atoms with Crippen molar-refractivity contribution < 1.29 is 10.2 Å². The zero-order valence-corrected chi connectivity index (χ0v) is 22.1. The summed E-state index contributed by atoms with van der Waals surface area (Å²) < 4.78 is 2.71. The summed E-state index contributed by atoms with van der Waals surface area (Å²) in [5.74, 6) is 2.04. The van der Waals surface area contributed by atoms with Gasteiger partial charge in [0.15, 0.2) is 0 Å². The summed E-state index contributed by atoms with van der Waals surface area (Å²) in [6.45, 7) is 8.61. The minimum absolute atomic E-state index is 0.0110. The maximum atomic E-state index is 10.9. The number of nitrogens with two attached hydrogens (primary N) is 1. The number of imidazole rings is 1. The number of nitrogens with one attached hydrogen (secondary N) is 1. The molecule has 10 heteroatoms. The number of nitrogens with zero attached hydrogens (tertiary/aromatic N) is 5. The maximum Gasteiger partial charge on any atom is 0.145 e. The zero-order chi connectivity index (χ0) is 25.6. The molecular formula is C26H34BrN7O2. The quantitative estimate of drug-likeness (QED) is 0.331. The molecule has 5 rings (SSSR count). The molecule has 0 aromatic carbocycles. The van der Waals surface area contributed by atoms with E-state index in [1.807, 2.05) is 22.9 Å². The van der Waals surface area contributed by atoms with Crippen LogP contribution >= 0.6 is 15.9 Å². The van der Waals surface area contributed by atoms with Gasteiger partial charge in [-0.15, -0.1) is 0 Å². The second-order valence-corrected chi connectivity index (χ2v) is 11.4. The van der Waals surface area contributed by atoms with E-state index in [-0.39, 0.29) is 12.0 Å². The fraction of sp³-hybridized carbons (Fsp3) is 0.500. The molecule has 4 atom stereocenters. The first-order valence-corrected chi connectivity index (χ1v) is 13.2. The van der Waals surface area contributed by atoms with Crippen molar-refractivity contribution in [1.82, 2.24) is 29.4 Å². The molecule has 2 fully saturated rings. The lowest BCUT2D eigenvalue weighted by molar-refractivity contribution is -0.00658. The summed E-state index contributed by atoms with van der Waals surface area (Å²) in [7, 11) is 2.13. The monoisotopic (exact) mass is 555 g/mol. The van der Waals surface area contributed by atoms with Crippen LogP contribution in [0.2, 0.25) is 0 Å². The molecule has 2 saturated carbocycles. The van der Waals surface area contributed by atoms with Crippen molar-refractivity contribution in [3.63, 3.8) is 0 Å². The summed E-state index contributed by atoms with van der Waals surface area (Å²) in [5, 5.41) is 24.1. The molecule has 2 aliphatic rings. The second kappa shape index (κ2) is 10.1. The van der Waals surface area contributed by atoms with E-state index in [1.54, 1.807) is 0 Å². The lowest BCUT2D eigenvalue weighted by Gasteiger charge is -2.42. The molecule has 36 heavy (non-hydrogen) atoms. The van der Waals surface area contributed by atoms with Crippen molar-refractivity contribution in [2.75, 3.05) is 19.3 Å². The predicted molar refractivity (Wildman–Crippen MR) is 144 cm³/mol. The standard InChI is InChI=1S/C26H34BrN7O2/c1-14(27)8-20-15(2)31-22(32-20)5-4-16-9-18(10-16)33(3)12-17-11-21(24(36)23(17)35)34-7-6-19-25(28)29-13-30-26(19)34/h6-8,13,16-18,21,23-24,35-36H,1-2,4-5,9-12H2,3H3,(H,31,32)(H2,28,29,30)/b20-8+/t16?,17-,18?,21-,23-,24+/m1/s1. The van der Waals surface area contributed by atoms with Crippen molar-refractivity contribution >= 4 is 45.4 Å². The fourth-order valence-electron chi connectivity index (χ4n) is 5.84. The van der Waals surface area contributed by atoms with E-state index < -0.39 is 12.2 Å². The van der Waals surface area contributed by atoms with Gasteiger partial charge < -0.3 is 30.4 Å². The smallest absolute Gasteiger partial charge is 0.145 e. The number of fused-ring (bicyclic) bond motifs is 1. The lowest BCUT2D eigenvalue weighted by Crippen LogP contribution is -2.46. The van der Waals surface area contributed by atoms with Crippen LogP contribution in [-0.2, 0) is 6.42 Å². The van der Waals surface area contributed by atoms with Gasteiger partial charge in [0, 0.05) is 35.6 Å². The van der Waals surface area contributed by atoms with Gasteiger partial charge in [-0.05, 0) is 50.8 Å². The Balaban J connectivity index is 1.14. The highest BCUT2D eigenvalue weighted by atomic mass is 79.9. The number of aliphatic hydroxyl groups is 2. The first kappa shape index (κ1) is 25.1. The topological polar surface area (TPSA) is 129 Å². The SMILES string of the molecule is C=C(Br)/C=c1/nc(CCC2CC(N(C)C[C@H]3C[C@@H](n4ccc5c(N)ncnc54)[C@H](O)[C@@H]3O)C2)[nH]c1=C. The number of hydrogen-bond acceptors (Lipinski definition) is 7. The Labute approximate surface area is 218 Å². The van der Waals surface area contributed by atoms with E-state index in [0.29, 0.717) is 29.8 Å². The zero-order valence-electron chi connectivity index (χ0n) is 20.5. The van der Waals surface area contributed by atoms with Gasteiger partial charge in [-0.1, -0.05) is 29.1 Å². The maximum absolute atomic E-state index is 10.9. The van der Waals surface area contributed by atoms with Crippen LogP contribution in [0.3, 0.4) is 0 Å². The number of rotatable bonds is 8. The lowest BCUT2D eigenvalue weighted by atomic mass is 9.76. The molecular weight excluding hydrogens is 522 g/mol. The Morgan fingerprint density at radius 3 is 2.83 bits per heavy atom. The van der Waals surface area contributed by atoms with E-state index in [9.17, 15) is 10.2 Å². The molecule has 3 aromatic heterocycles. The number of anilines is 1. The van der Waals surface area contributed by atoms with E-state index in [4.69, 9.17) is 5.73 Å². The molecule has 3 aromatic rings. The summed E-state index contributed by atoms with van der Waals surface area (Å²) in [6.07, 6.45) is 8.52. The Hall–Kier alpha value is -2.53. The summed E-state index contributed by atoms with van der Waals surface area (Å²) in [6, 6.07) is 2.13. The highest BCUT2D eigenvalue weighted by Crippen LogP contribution is 2.40. The number of aryl methyl sites for hydroxylation is 1. The molecule has 0 unspecified atom stereocenters. The third-order valence-corrected chi connectivity index (χ3v) is 8.20. The summed E-state index contributed by atoms with van der Waals surface area (Å²) in [4.78, 5) is 18.7. The van der Waals surface area contributed by atoms with Crippen LogP contribution in [0.1, 0.15) is 37.5 Å². The number of H-pyrrole nitrogens is 1. The summed E-state index contributed by atoms with van der Waals surface area (Å²) in [5.41, 5.74) is 6.67. The van der Waals surface area contributed by atoms with Gasteiger partial charge in [-0.3, -0.25) is 0 Å². The van der Waals surface area contributed by atoms with E-state index in [2.05, 4.69) is 61.0 Å². The number of aromatic nitrogens is 5. The first-order chi connectivity index (χ1) is 17.2. The number of nitrogen functional groups attached to an aromatic ring is 1. The van der Waals surface area contributed by atoms with E-state index in [0.717, 1.165) is 58.6 Å². The Morgan fingerprint density at radius 2 is 2.08 bits per heavy atom. The Kier molecular flexibility index (Phi) is 7.04. The molecule has 0 bridgehead atoms. The van der Waals surface area contributed by atoms with Gasteiger partial charge in [0.05, 0.1) is 28.2 Å². The van der Waals surface area contributed by atoms with Gasteiger partial charge in [0.25, 0.3) is 0 Å². The minimum Gasteiger partial charge on any atom is -0.390 e. The highest BCUT2D eigenvalue weighted by molar-refractivity contribution is 9.12. The molecule has 0 radical (unpaired) electrons. The average molecular weight is 557 g/mol. The molecule has 0 amide bonds. The van der Waals surface area contributed by atoms with Crippen molar-refractivity contribution in [1.29, 1.82) is 0 Å². The molecule has 5 N–H and O–H groups in total. The van der Waals surface area contributed by atoms with Crippen LogP contribution < -0.4 is 16.4 Å². The second-order valence-electron chi connectivity index (χ2n) is 10.4. The predicted octanol–water partition coefficient (Wildman–Crippen LogP) is 1.46. The van der Waals surface area contributed by atoms with Crippen LogP contribution in [0.15, 0.2) is 29.7 Å². The van der Waals surface area contributed by atoms with E-state index >= 15 is 0 Å². The number of halogens is 1. The molecule has 9 nitrogen and oxygen atoms in total. The molecule has 0 saturated heterocycles. The number of aliphatic hydroxyl groups excluding tert-OH is 2. The average Bonchev–Trinajstić information content (AvgIpc) is 3.45. The number of allylic oxidation sites excluding steroid dienone is 1. The van der Waals surface area contributed by atoms with Crippen LogP contribution in [0.4, 0.5) is 5.82 Å². The molecule has 0 spiro atoms. The minimum atomic E-state index is -0.848. The Morgan fingerprint density at radius 1 is 1.31 bits per heavy atom. The molecule has 2 aliphatic carbocycles. The number of hydrogen-bond donors (Lipinski definition) is 4. The number of aromatic amines is 1.